The van der Waals surface area contributed by atoms with Gasteiger partial charge < -0.3 is 0 Å². The van der Waals surface area contributed by atoms with Crippen LogP contribution >= 0.6 is 15.9 Å². The maximum atomic E-state index is 14.0. The van der Waals surface area contributed by atoms with Crippen molar-refractivity contribution in [3.63, 3.8) is 0 Å². The van der Waals surface area contributed by atoms with Crippen LogP contribution in [0.15, 0.2) is 36.5 Å². The largest absolute Gasteiger partial charge is 0.261 e. The average molecular weight is 308 g/mol. The van der Waals surface area contributed by atoms with Crippen molar-refractivity contribution in [2.45, 2.75) is 25.1 Å². The molecule has 0 aliphatic heterocycles. The van der Waals surface area contributed by atoms with Crippen molar-refractivity contribution in [2.75, 3.05) is 0 Å². The molecule has 0 bridgehead atoms. The molecule has 2 aromatic rings. The Morgan fingerprint density at radius 2 is 1.89 bits per heavy atom. The minimum atomic E-state index is -0.132. The first-order chi connectivity index (χ1) is 8.59. The van der Waals surface area contributed by atoms with Gasteiger partial charge in [0.2, 0.25) is 0 Å². The number of hydrogen-bond acceptors (Lipinski definition) is 1. The summed E-state index contributed by atoms with van der Waals surface area (Å²) in [5.41, 5.74) is 3.50. The van der Waals surface area contributed by atoms with Crippen molar-refractivity contribution in [1.82, 2.24) is 4.98 Å². The zero-order valence-electron chi connectivity index (χ0n) is 10.5. The number of alkyl halides is 1. The number of pyridine rings is 1. The number of nitrogens with zero attached hydrogens (tertiary/aromatic N) is 1. The fraction of sp³-hybridized carbons (Fsp3) is 0.267. The van der Waals surface area contributed by atoms with E-state index in [-0.39, 0.29) is 10.6 Å². The number of benzene rings is 1. The Kier molecular flexibility index (Phi) is 4.12. The van der Waals surface area contributed by atoms with Gasteiger partial charge >= 0.3 is 0 Å². The molecule has 18 heavy (non-hydrogen) atoms. The van der Waals surface area contributed by atoms with E-state index in [1.165, 1.54) is 0 Å². The van der Waals surface area contributed by atoms with Crippen LogP contribution in [-0.4, -0.2) is 4.98 Å². The third-order valence-electron chi connectivity index (χ3n) is 3.05. The highest BCUT2D eigenvalue weighted by molar-refractivity contribution is 9.09. The van der Waals surface area contributed by atoms with Gasteiger partial charge in [0.25, 0.3) is 0 Å². The Labute approximate surface area is 115 Å². The fourth-order valence-corrected chi connectivity index (χ4v) is 2.58. The van der Waals surface area contributed by atoms with E-state index < -0.39 is 0 Å². The zero-order valence-corrected chi connectivity index (χ0v) is 12.0. The van der Waals surface area contributed by atoms with Gasteiger partial charge in [-0.05, 0) is 31.0 Å². The van der Waals surface area contributed by atoms with Crippen molar-refractivity contribution in [2.24, 2.45) is 0 Å². The summed E-state index contributed by atoms with van der Waals surface area (Å²) >= 11 is 3.56. The lowest BCUT2D eigenvalue weighted by Crippen LogP contribution is -2.03. The number of halogens is 2. The molecule has 0 spiro atoms. The maximum Gasteiger partial charge on any atom is 0.130 e. The smallest absolute Gasteiger partial charge is 0.130 e. The van der Waals surface area contributed by atoms with Crippen LogP contribution in [0.3, 0.4) is 0 Å². The molecule has 0 radical (unpaired) electrons. The van der Waals surface area contributed by atoms with Gasteiger partial charge in [-0.15, -0.1) is 0 Å². The minimum absolute atomic E-state index is 0.0500. The third kappa shape index (κ3) is 2.78. The summed E-state index contributed by atoms with van der Waals surface area (Å²) < 4.78 is 14.0. The van der Waals surface area contributed by atoms with Crippen LogP contribution in [0.2, 0.25) is 0 Å². The molecule has 1 atom stereocenters. The van der Waals surface area contributed by atoms with Gasteiger partial charge in [-0.2, -0.15) is 0 Å². The second-order valence-corrected chi connectivity index (χ2v) is 5.52. The SMILES string of the molecule is Cc1cccnc1CC(Br)c1cccc(C)c1F. The predicted molar refractivity (Wildman–Crippen MR) is 75.5 cm³/mol. The molecule has 0 amide bonds. The van der Waals surface area contributed by atoms with Crippen molar-refractivity contribution >= 4 is 15.9 Å². The van der Waals surface area contributed by atoms with Gasteiger partial charge in [-0.25, -0.2) is 4.39 Å². The van der Waals surface area contributed by atoms with Gasteiger partial charge in [0.1, 0.15) is 5.82 Å². The molecule has 0 fully saturated rings. The van der Waals surface area contributed by atoms with Gasteiger partial charge in [-0.1, -0.05) is 40.2 Å². The number of aryl methyl sites for hydroxylation is 2. The third-order valence-corrected chi connectivity index (χ3v) is 3.87. The summed E-state index contributed by atoms with van der Waals surface area (Å²) in [6, 6.07) is 9.42. The molecule has 2 rings (SSSR count). The van der Waals surface area contributed by atoms with Crippen LogP contribution in [0.25, 0.3) is 0 Å². The van der Waals surface area contributed by atoms with Crippen LogP contribution in [0.5, 0.6) is 0 Å². The number of hydrogen-bond donors (Lipinski definition) is 0. The summed E-state index contributed by atoms with van der Waals surface area (Å²) in [6.45, 7) is 3.80. The molecule has 0 saturated carbocycles. The monoisotopic (exact) mass is 307 g/mol. The summed E-state index contributed by atoms with van der Waals surface area (Å²) in [6.07, 6.45) is 2.46. The first kappa shape index (κ1) is 13.2. The Hall–Kier alpha value is -1.22. The highest BCUT2D eigenvalue weighted by Gasteiger charge is 2.15. The molecule has 3 heteroatoms. The van der Waals surface area contributed by atoms with Gasteiger partial charge in [0.05, 0.1) is 0 Å². The first-order valence-corrected chi connectivity index (χ1v) is 6.80. The van der Waals surface area contributed by atoms with E-state index in [0.29, 0.717) is 17.5 Å². The Morgan fingerprint density at radius 3 is 2.61 bits per heavy atom. The summed E-state index contributed by atoms with van der Waals surface area (Å²) in [5.74, 6) is -0.132. The van der Waals surface area contributed by atoms with Crippen molar-refractivity contribution in [1.29, 1.82) is 0 Å². The lowest BCUT2D eigenvalue weighted by atomic mass is 10.0. The molecule has 0 aliphatic carbocycles. The molecule has 1 aromatic carbocycles. The Balaban J connectivity index is 2.25. The molecular weight excluding hydrogens is 293 g/mol. The predicted octanol–water partition coefficient (Wildman–Crippen LogP) is 4.52. The maximum absolute atomic E-state index is 14.0. The quantitative estimate of drug-likeness (QED) is 0.760. The number of aromatic nitrogens is 1. The first-order valence-electron chi connectivity index (χ1n) is 5.89. The minimum Gasteiger partial charge on any atom is -0.261 e. The van der Waals surface area contributed by atoms with Crippen LogP contribution in [0.4, 0.5) is 4.39 Å². The van der Waals surface area contributed by atoms with Crippen molar-refractivity contribution < 1.29 is 4.39 Å². The second kappa shape index (κ2) is 5.61. The Morgan fingerprint density at radius 1 is 1.17 bits per heavy atom. The van der Waals surface area contributed by atoms with Gasteiger partial charge in [0, 0.05) is 28.7 Å². The lowest BCUT2D eigenvalue weighted by Gasteiger charge is -2.13. The highest BCUT2D eigenvalue weighted by atomic mass is 79.9. The van der Waals surface area contributed by atoms with Crippen molar-refractivity contribution in [3.05, 3.63) is 64.7 Å². The highest BCUT2D eigenvalue weighted by Crippen LogP contribution is 2.30. The molecule has 1 heterocycles. The standard InChI is InChI=1S/C15H15BrFN/c1-10-6-4-8-18-14(10)9-13(16)12-7-3-5-11(2)15(12)17/h3-8,13H,9H2,1-2H3. The molecule has 0 N–H and O–H groups in total. The van der Waals surface area contributed by atoms with Crippen LogP contribution < -0.4 is 0 Å². The molecule has 94 valence electrons. The van der Waals surface area contributed by atoms with E-state index in [4.69, 9.17) is 0 Å². The van der Waals surface area contributed by atoms with E-state index >= 15 is 0 Å². The normalized spacial score (nSPS) is 12.4. The Bertz CT molecular complexity index is 554. The molecular formula is C15H15BrFN. The van der Waals surface area contributed by atoms with Crippen LogP contribution in [-0.2, 0) is 6.42 Å². The molecule has 1 nitrogen and oxygen atoms in total. The summed E-state index contributed by atoms with van der Waals surface area (Å²) in [7, 11) is 0. The van der Waals surface area contributed by atoms with Gasteiger partial charge in [0.15, 0.2) is 0 Å². The van der Waals surface area contributed by atoms with E-state index in [0.717, 1.165) is 11.3 Å². The fourth-order valence-electron chi connectivity index (χ4n) is 1.92. The van der Waals surface area contributed by atoms with Gasteiger partial charge in [-0.3, -0.25) is 4.98 Å². The zero-order chi connectivity index (χ0) is 13.1. The van der Waals surface area contributed by atoms with E-state index in [9.17, 15) is 4.39 Å². The molecule has 1 aromatic heterocycles. The molecule has 0 saturated heterocycles. The number of rotatable bonds is 3. The van der Waals surface area contributed by atoms with Crippen LogP contribution in [0.1, 0.15) is 27.2 Å². The lowest BCUT2D eigenvalue weighted by molar-refractivity contribution is 0.598. The topological polar surface area (TPSA) is 12.9 Å². The van der Waals surface area contributed by atoms with E-state index in [1.54, 1.807) is 19.2 Å². The van der Waals surface area contributed by atoms with Crippen LogP contribution in [0, 0.1) is 19.7 Å². The molecule has 1 unspecified atom stereocenters. The van der Waals surface area contributed by atoms with Crippen molar-refractivity contribution in [3.8, 4) is 0 Å². The second-order valence-electron chi connectivity index (χ2n) is 4.42. The van der Waals surface area contributed by atoms with E-state index in [2.05, 4.69) is 20.9 Å². The summed E-state index contributed by atoms with van der Waals surface area (Å²) in [5, 5.41) is 0. The van der Waals surface area contributed by atoms with E-state index in [1.807, 2.05) is 31.2 Å². The summed E-state index contributed by atoms with van der Waals surface area (Å²) in [4.78, 5) is 4.29. The molecule has 0 aliphatic rings. The average Bonchev–Trinajstić information content (AvgIpc) is 2.35.